The van der Waals surface area contributed by atoms with E-state index < -0.39 is 0 Å². The van der Waals surface area contributed by atoms with Gasteiger partial charge in [0.15, 0.2) is 0 Å². The van der Waals surface area contributed by atoms with Crippen LogP contribution in [0.5, 0.6) is 0 Å². The molecule has 0 heterocycles. The third kappa shape index (κ3) is 1.97. The molecule has 0 aliphatic heterocycles. The molecule has 0 aromatic carbocycles. The minimum atomic E-state index is -0.233. The number of hydrogen-bond donors (Lipinski definition) is 2. The lowest BCUT2D eigenvalue weighted by molar-refractivity contribution is -0.138. The van der Waals surface area contributed by atoms with Gasteiger partial charge in [0.25, 0.3) is 0 Å². The summed E-state index contributed by atoms with van der Waals surface area (Å²) in [5.74, 6) is 0.864. The maximum atomic E-state index is 12.1. The number of rotatable bonds is 5. The van der Waals surface area contributed by atoms with Gasteiger partial charge in [-0.05, 0) is 43.4 Å². The lowest BCUT2D eigenvalue weighted by Crippen LogP contribution is -2.54. The molecule has 0 aromatic rings. The first kappa shape index (κ1) is 11.9. The quantitative estimate of drug-likeness (QED) is 0.746. The lowest BCUT2D eigenvalue weighted by Gasteiger charge is -2.44. The summed E-state index contributed by atoms with van der Waals surface area (Å²) in [5, 5.41) is 3.13. The monoisotopic (exact) mass is 224 g/mol. The number of hydrogen-bond acceptors (Lipinski definition) is 2. The average Bonchev–Trinajstić information content (AvgIpc) is 3.02. The van der Waals surface area contributed by atoms with Crippen molar-refractivity contribution in [3.63, 3.8) is 0 Å². The highest BCUT2D eigenvalue weighted by Gasteiger charge is 2.48. The van der Waals surface area contributed by atoms with Crippen LogP contribution in [-0.4, -0.2) is 19.0 Å². The molecule has 16 heavy (non-hydrogen) atoms. The van der Waals surface area contributed by atoms with Gasteiger partial charge in [-0.15, -0.1) is 0 Å². The minimum absolute atomic E-state index is 0.202. The fraction of sp³-hybridized carbons (Fsp3) is 0.923. The van der Waals surface area contributed by atoms with Crippen molar-refractivity contribution in [3.05, 3.63) is 0 Å². The van der Waals surface area contributed by atoms with E-state index in [-0.39, 0.29) is 11.3 Å². The van der Waals surface area contributed by atoms with Crippen molar-refractivity contribution in [2.45, 2.75) is 46.0 Å². The molecule has 0 saturated heterocycles. The Morgan fingerprint density at radius 1 is 1.44 bits per heavy atom. The Bertz CT molecular complexity index is 278. The van der Waals surface area contributed by atoms with Crippen molar-refractivity contribution in [3.8, 4) is 0 Å². The summed E-state index contributed by atoms with van der Waals surface area (Å²) in [4.78, 5) is 12.1. The second kappa shape index (κ2) is 4.02. The molecule has 3 N–H and O–H groups in total. The number of amides is 1. The van der Waals surface area contributed by atoms with Crippen LogP contribution >= 0.6 is 0 Å². The van der Waals surface area contributed by atoms with Crippen LogP contribution in [0.4, 0.5) is 0 Å². The number of nitrogens with one attached hydrogen (secondary N) is 1. The van der Waals surface area contributed by atoms with Gasteiger partial charge in [0.2, 0.25) is 5.91 Å². The maximum absolute atomic E-state index is 12.1. The first-order chi connectivity index (χ1) is 7.56. The normalized spacial score (nSPS) is 35.3. The number of carbonyl (C=O) groups is 1. The molecular weight excluding hydrogens is 200 g/mol. The Hall–Kier alpha value is -0.570. The fourth-order valence-electron chi connectivity index (χ4n) is 3.01. The molecule has 2 rings (SSSR count). The summed E-state index contributed by atoms with van der Waals surface area (Å²) in [6.45, 7) is 5.76. The predicted molar refractivity (Wildman–Crippen MR) is 64.9 cm³/mol. The summed E-state index contributed by atoms with van der Waals surface area (Å²) in [7, 11) is 0. The predicted octanol–water partition coefficient (Wildman–Crippen LogP) is 1.67. The first-order valence-electron chi connectivity index (χ1n) is 6.54. The van der Waals surface area contributed by atoms with Gasteiger partial charge in [-0.25, -0.2) is 0 Å². The summed E-state index contributed by atoms with van der Waals surface area (Å²) in [6, 6.07) is 0. The van der Waals surface area contributed by atoms with Gasteiger partial charge in [0, 0.05) is 13.1 Å². The SMILES string of the molecule is CCC1(CNC(=O)C2(CN)CC(C)C2)CC1. The Balaban J connectivity index is 1.83. The molecule has 0 atom stereocenters. The van der Waals surface area contributed by atoms with Gasteiger partial charge in [-0.3, -0.25) is 4.79 Å². The van der Waals surface area contributed by atoms with Crippen molar-refractivity contribution in [2.75, 3.05) is 13.1 Å². The molecule has 2 aliphatic carbocycles. The van der Waals surface area contributed by atoms with Crippen molar-refractivity contribution < 1.29 is 4.79 Å². The van der Waals surface area contributed by atoms with Gasteiger partial charge in [0.1, 0.15) is 0 Å². The van der Waals surface area contributed by atoms with E-state index >= 15 is 0 Å². The van der Waals surface area contributed by atoms with Crippen molar-refractivity contribution in [1.82, 2.24) is 5.32 Å². The highest BCUT2D eigenvalue weighted by molar-refractivity contribution is 5.84. The van der Waals surface area contributed by atoms with Gasteiger partial charge in [-0.1, -0.05) is 13.8 Å². The lowest BCUT2D eigenvalue weighted by atomic mass is 9.62. The van der Waals surface area contributed by atoms with Crippen LogP contribution in [0, 0.1) is 16.7 Å². The van der Waals surface area contributed by atoms with E-state index in [4.69, 9.17) is 5.73 Å². The van der Waals surface area contributed by atoms with Crippen LogP contribution in [0.15, 0.2) is 0 Å². The highest BCUT2D eigenvalue weighted by atomic mass is 16.2. The van der Waals surface area contributed by atoms with Gasteiger partial charge >= 0.3 is 0 Å². The molecule has 92 valence electrons. The van der Waals surface area contributed by atoms with E-state index in [1.807, 2.05) is 0 Å². The molecule has 1 amide bonds. The standard InChI is InChI=1S/C13H24N2O/c1-3-12(4-5-12)9-15-11(16)13(8-14)6-10(2)7-13/h10H,3-9,14H2,1-2H3,(H,15,16). The molecule has 0 unspecified atom stereocenters. The second-order valence-corrected chi connectivity index (χ2v) is 6.03. The molecule has 2 fully saturated rings. The number of nitrogens with two attached hydrogens (primary N) is 1. The zero-order valence-corrected chi connectivity index (χ0v) is 10.5. The average molecular weight is 224 g/mol. The molecule has 3 nitrogen and oxygen atoms in total. The van der Waals surface area contributed by atoms with Crippen LogP contribution in [0.25, 0.3) is 0 Å². The molecular formula is C13H24N2O. The topological polar surface area (TPSA) is 55.1 Å². The van der Waals surface area contributed by atoms with E-state index in [1.165, 1.54) is 19.3 Å². The van der Waals surface area contributed by atoms with E-state index in [9.17, 15) is 4.79 Å². The van der Waals surface area contributed by atoms with Gasteiger partial charge in [0.05, 0.1) is 5.41 Å². The zero-order valence-electron chi connectivity index (χ0n) is 10.5. The van der Waals surface area contributed by atoms with Crippen LogP contribution < -0.4 is 11.1 Å². The molecule has 0 radical (unpaired) electrons. The van der Waals surface area contributed by atoms with Crippen molar-refractivity contribution in [2.24, 2.45) is 22.5 Å². The van der Waals surface area contributed by atoms with Crippen LogP contribution in [0.3, 0.4) is 0 Å². The van der Waals surface area contributed by atoms with E-state index in [0.717, 1.165) is 19.4 Å². The van der Waals surface area contributed by atoms with E-state index in [0.29, 0.717) is 17.9 Å². The summed E-state index contributed by atoms with van der Waals surface area (Å²) < 4.78 is 0. The highest BCUT2D eigenvalue weighted by Crippen LogP contribution is 2.49. The molecule has 2 aliphatic rings. The fourth-order valence-corrected chi connectivity index (χ4v) is 3.01. The Labute approximate surface area is 98.2 Å². The summed E-state index contributed by atoms with van der Waals surface area (Å²) in [5.41, 5.74) is 5.96. The second-order valence-electron chi connectivity index (χ2n) is 6.03. The van der Waals surface area contributed by atoms with Gasteiger partial charge in [-0.2, -0.15) is 0 Å². The minimum Gasteiger partial charge on any atom is -0.355 e. The third-order valence-corrected chi connectivity index (χ3v) is 4.68. The zero-order chi connectivity index (χ0) is 11.8. The van der Waals surface area contributed by atoms with Gasteiger partial charge < -0.3 is 11.1 Å². The van der Waals surface area contributed by atoms with Crippen LogP contribution in [-0.2, 0) is 4.79 Å². The van der Waals surface area contributed by atoms with Crippen LogP contribution in [0.2, 0.25) is 0 Å². The molecule has 0 aromatic heterocycles. The first-order valence-corrected chi connectivity index (χ1v) is 6.54. The molecule has 0 bridgehead atoms. The maximum Gasteiger partial charge on any atom is 0.227 e. The van der Waals surface area contributed by atoms with E-state index in [1.54, 1.807) is 0 Å². The van der Waals surface area contributed by atoms with Crippen molar-refractivity contribution >= 4 is 5.91 Å². The Kier molecular flexibility index (Phi) is 2.99. The van der Waals surface area contributed by atoms with Crippen molar-refractivity contribution in [1.29, 1.82) is 0 Å². The third-order valence-electron chi connectivity index (χ3n) is 4.68. The van der Waals surface area contributed by atoms with E-state index in [2.05, 4.69) is 19.2 Å². The molecule has 3 heteroatoms. The largest absolute Gasteiger partial charge is 0.355 e. The Morgan fingerprint density at radius 3 is 2.44 bits per heavy atom. The summed E-state index contributed by atoms with van der Waals surface area (Å²) in [6.07, 6.45) is 5.66. The smallest absolute Gasteiger partial charge is 0.227 e. The van der Waals surface area contributed by atoms with Crippen LogP contribution in [0.1, 0.15) is 46.0 Å². The molecule has 0 spiro atoms. The molecule has 2 saturated carbocycles. The Morgan fingerprint density at radius 2 is 2.06 bits per heavy atom. The summed E-state index contributed by atoms with van der Waals surface area (Å²) >= 11 is 0. The number of carbonyl (C=O) groups excluding carboxylic acids is 1.